The van der Waals surface area contributed by atoms with Crippen LogP contribution in [0.3, 0.4) is 0 Å². The number of halogens is 1. The summed E-state index contributed by atoms with van der Waals surface area (Å²) in [6, 6.07) is 10.9. The molecule has 0 unspecified atom stereocenters. The summed E-state index contributed by atoms with van der Waals surface area (Å²) in [5, 5.41) is 0. The summed E-state index contributed by atoms with van der Waals surface area (Å²) in [6.45, 7) is 10.9. The largest absolute Gasteiger partial charge is 0.489 e. The monoisotopic (exact) mass is 596 g/mol. The molecule has 234 valence electrons. The van der Waals surface area contributed by atoms with Gasteiger partial charge in [0.1, 0.15) is 35.9 Å². The lowest BCUT2D eigenvalue weighted by Gasteiger charge is -2.29. The maximum absolute atomic E-state index is 14.8. The first-order valence-corrected chi connectivity index (χ1v) is 15.2. The lowest BCUT2D eigenvalue weighted by atomic mass is 9.96. The van der Waals surface area contributed by atoms with Crippen LogP contribution in [0, 0.1) is 5.82 Å². The molecule has 2 aromatic carbocycles. The summed E-state index contributed by atoms with van der Waals surface area (Å²) >= 11 is 0. The molecule has 0 radical (unpaired) electrons. The first kappa shape index (κ1) is 32.3. The molecule has 2 amide bonds. The number of amides is 2. The average Bonchev–Trinajstić information content (AvgIpc) is 3.58. The smallest absolute Gasteiger partial charge is 0.410 e. The molecule has 2 aromatic rings. The van der Waals surface area contributed by atoms with Gasteiger partial charge >= 0.3 is 12.1 Å². The second kappa shape index (κ2) is 13.3. The van der Waals surface area contributed by atoms with Crippen LogP contribution in [0.25, 0.3) is 0 Å². The Morgan fingerprint density at radius 3 is 2.30 bits per heavy atom. The minimum absolute atomic E-state index is 0.0127. The molecule has 2 aliphatic rings. The van der Waals surface area contributed by atoms with Crippen molar-refractivity contribution in [3.8, 4) is 5.75 Å². The van der Waals surface area contributed by atoms with Gasteiger partial charge < -0.3 is 19.1 Å². The van der Waals surface area contributed by atoms with Crippen LogP contribution in [0.1, 0.15) is 96.3 Å². The van der Waals surface area contributed by atoms with Crippen LogP contribution in [-0.2, 0) is 32.1 Å². The van der Waals surface area contributed by atoms with Crippen molar-refractivity contribution in [2.45, 2.75) is 104 Å². The third-order valence-electron chi connectivity index (χ3n) is 7.53. The number of esters is 1. The molecule has 0 bridgehead atoms. The van der Waals surface area contributed by atoms with Crippen LogP contribution in [0.2, 0.25) is 0 Å². The molecule has 1 fully saturated rings. The van der Waals surface area contributed by atoms with Gasteiger partial charge in [-0.2, -0.15) is 0 Å². The third-order valence-corrected chi connectivity index (χ3v) is 7.53. The molecule has 0 N–H and O–H groups in total. The quantitative estimate of drug-likeness (QED) is 0.292. The highest BCUT2D eigenvalue weighted by atomic mass is 19.1. The SMILES string of the molecule is CC(C)(C)OC(=O)CCN(CC(=O)N1CCc2cc(OCc3ccc(C4CCCC4)cc3F)ccc21)C(=O)OC(C)(C)C. The molecule has 4 rings (SSSR count). The highest BCUT2D eigenvalue weighted by molar-refractivity contribution is 5.98. The Bertz CT molecular complexity index is 1320. The maximum atomic E-state index is 14.8. The Kier molecular flexibility index (Phi) is 10.0. The van der Waals surface area contributed by atoms with Gasteiger partial charge in [0.2, 0.25) is 5.91 Å². The summed E-state index contributed by atoms with van der Waals surface area (Å²) < 4.78 is 31.6. The van der Waals surface area contributed by atoms with Gasteiger partial charge in [-0.15, -0.1) is 0 Å². The van der Waals surface area contributed by atoms with Gasteiger partial charge in [-0.3, -0.25) is 14.5 Å². The highest BCUT2D eigenvalue weighted by Crippen LogP contribution is 2.35. The summed E-state index contributed by atoms with van der Waals surface area (Å²) in [5.41, 5.74) is 1.83. The van der Waals surface area contributed by atoms with E-state index >= 15 is 0 Å². The standard InChI is InChI=1S/C34H45FN2O6/c1-33(2,3)42-31(39)16-17-36(32(40)43-34(4,5)6)21-30(38)37-18-15-25-19-27(13-14-29(25)37)41-22-26-12-11-24(20-28(26)35)23-9-7-8-10-23/h11-14,19-20,23H,7-10,15-18,21-22H2,1-6H3. The zero-order valence-electron chi connectivity index (χ0n) is 26.3. The predicted molar refractivity (Wildman–Crippen MR) is 163 cm³/mol. The molecule has 1 aliphatic carbocycles. The Hall–Kier alpha value is -3.62. The van der Waals surface area contributed by atoms with Gasteiger partial charge in [0, 0.05) is 24.3 Å². The van der Waals surface area contributed by atoms with Gasteiger partial charge in [-0.1, -0.05) is 25.0 Å². The van der Waals surface area contributed by atoms with Crippen LogP contribution in [0.4, 0.5) is 14.9 Å². The predicted octanol–water partition coefficient (Wildman–Crippen LogP) is 6.92. The van der Waals surface area contributed by atoms with Crippen molar-refractivity contribution < 1.29 is 33.0 Å². The van der Waals surface area contributed by atoms with E-state index in [2.05, 4.69) is 0 Å². The number of benzene rings is 2. The fourth-order valence-electron chi connectivity index (χ4n) is 5.51. The molecule has 1 heterocycles. The number of carbonyl (C=O) groups excluding carboxylic acids is 3. The van der Waals surface area contributed by atoms with E-state index in [9.17, 15) is 18.8 Å². The molecule has 43 heavy (non-hydrogen) atoms. The normalized spacial score (nSPS) is 15.3. The number of anilines is 1. The fraction of sp³-hybridized carbons (Fsp3) is 0.559. The Labute approximate surface area is 254 Å². The molecule has 0 saturated heterocycles. The second-order valence-corrected chi connectivity index (χ2v) is 13.4. The molecule has 8 nitrogen and oxygen atoms in total. The van der Waals surface area contributed by atoms with E-state index in [0.717, 1.165) is 29.7 Å². The van der Waals surface area contributed by atoms with Crippen LogP contribution < -0.4 is 9.64 Å². The van der Waals surface area contributed by atoms with E-state index in [1.165, 1.54) is 17.7 Å². The van der Waals surface area contributed by atoms with E-state index in [0.29, 0.717) is 30.2 Å². The number of hydrogen-bond acceptors (Lipinski definition) is 6. The summed E-state index contributed by atoms with van der Waals surface area (Å²) in [7, 11) is 0. The van der Waals surface area contributed by atoms with Gasteiger partial charge in [0.25, 0.3) is 0 Å². The third kappa shape index (κ3) is 9.18. The fourth-order valence-corrected chi connectivity index (χ4v) is 5.51. The Morgan fingerprint density at radius 2 is 1.65 bits per heavy atom. The van der Waals surface area contributed by atoms with E-state index in [4.69, 9.17) is 14.2 Å². The Morgan fingerprint density at radius 1 is 0.953 bits per heavy atom. The van der Waals surface area contributed by atoms with Gasteiger partial charge in [-0.25, -0.2) is 9.18 Å². The van der Waals surface area contributed by atoms with E-state index in [1.54, 1.807) is 58.6 Å². The number of fused-ring (bicyclic) bond motifs is 1. The van der Waals surface area contributed by atoms with E-state index < -0.39 is 23.3 Å². The van der Waals surface area contributed by atoms with Gasteiger partial charge in [0.15, 0.2) is 0 Å². The molecule has 0 aromatic heterocycles. The maximum Gasteiger partial charge on any atom is 0.410 e. The molecule has 9 heteroatoms. The van der Waals surface area contributed by atoms with E-state index in [1.807, 2.05) is 24.3 Å². The average molecular weight is 597 g/mol. The van der Waals surface area contributed by atoms with Gasteiger partial charge in [-0.05, 0) is 102 Å². The zero-order chi connectivity index (χ0) is 31.4. The van der Waals surface area contributed by atoms with Crippen molar-refractivity contribution in [1.29, 1.82) is 0 Å². The summed E-state index contributed by atoms with van der Waals surface area (Å²) in [6.07, 6.45) is 4.53. The summed E-state index contributed by atoms with van der Waals surface area (Å²) in [4.78, 5) is 41.5. The Balaban J connectivity index is 1.38. The van der Waals surface area contributed by atoms with Crippen molar-refractivity contribution in [3.63, 3.8) is 0 Å². The number of hydrogen-bond donors (Lipinski definition) is 0. The number of nitrogens with zero attached hydrogens (tertiary/aromatic N) is 2. The van der Waals surface area contributed by atoms with Crippen molar-refractivity contribution in [3.05, 3.63) is 58.9 Å². The molecule has 0 spiro atoms. The number of carbonyl (C=O) groups is 3. The second-order valence-electron chi connectivity index (χ2n) is 13.4. The molecular formula is C34H45FN2O6. The van der Waals surface area contributed by atoms with Crippen molar-refractivity contribution in [2.75, 3.05) is 24.5 Å². The minimum Gasteiger partial charge on any atom is -0.489 e. The van der Waals surface area contributed by atoms with Crippen molar-refractivity contribution >= 4 is 23.7 Å². The first-order valence-electron chi connectivity index (χ1n) is 15.2. The van der Waals surface area contributed by atoms with Crippen molar-refractivity contribution in [2.24, 2.45) is 0 Å². The first-order chi connectivity index (χ1) is 20.2. The lowest BCUT2D eigenvalue weighted by Crippen LogP contribution is -2.45. The van der Waals surface area contributed by atoms with Crippen LogP contribution in [0.15, 0.2) is 36.4 Å². The minimum atomic E-state index is -0.762. The molecule has 1 saturated carbocycles. The van der Waals surface area contributed by atoms with Crippen LogP contribution in [0.5, 0.6) is 5.75 Å². The van der Waals surface area contributed by atoms with Crippen LogP contribution in [-0.4, -0.2) is 53.7 Å². The number of rotatable bonds is 9. The van der Waals surface area contributed by atoms with E-state index in [-0.39, 0.29) is 37.8 Å². The topological polar surface area (TPSA) is 85.4 Å². The zero-order valence-corrected chi connectivity index (χ0v) is 26.3. The van der Waals surface area contributed by atoms with Gasteiger partial charge in [0.05, 0.1) is 6.42 Å². The molecule has 1 aliphatic heterocycles. The summed E-state index contributed by atoms with van der Waals surface area (Å²) in [5.74, 6) is 0.0562. The lowest BCUT2D eigenvalue weighted by molar-refractivity contribution is -0.155. The number of ether oxygens (including phenoxy) is 3. The highest BCUT2D eigenvalue weighted by Gasteiger charge is 2.30. The molecule has 0 atom stereocenters. The van der Waals surface area contributed by atoms with Crippen LogP contribution >= 0.6 is 0 Å². The molecular weight excluding hydrogens is 551 g/mol. The van der Waals surface area contributed by atoms with Crippen molar-refractivity contribution in [1.82, 2.24) is 4.90 Å².